The second kappa shape index (κ2) is 8.90. The zero-order chi connectivity index (χ0) is 20.9. The van der Waals surface area contributed by atoms with Crippen LogP contribution in [0, 0.1) is 5.92 Å². The van der Waals surface area contributed by atoms with Gasteiger partial charge >= 0.3 is 0 Å². The molecule has 1 fully saturated rings. The minimum absolute atomic E-state index is 0.0844. The van der Waals surface area contributed by atoms with Crippen LogP contribution in [0.3, 0.4) is 0 Å². The maximum absolute atomic E-state index is 12.4. The Kier molecular flexibility index (Phi) is 5.88. The largest absolute Gasteiger partial charge is 0.355 e. The van der Waals surface area contributed by atoms with E-state index in [1.54, 1.807) is 0 Å². The number of carbonyl (C=O) groups is 2. The Balaban J connectivity index is 1.58. The number of nitrogens with one attached hydrogen (secondary N) is 2. The van der Waals surface area contributed by atoms with Crippen LogP contribution < -0.4 is 15.5 Å². The second-order valence-corrected chi connectivity index (χ2v) is 7.40. The molecule has 1 aliphatic rings. The third kappa shape index (κ3) is 4.40. The van der Waals surface area contributed by atoms with Gasteiger partial charge in [-0.25, -0.2) is 9.97 Å². The van der Waals surface area contributed by atoms with Crippen molar-refractivity contribution in [1.29, 1.82) is 0 Å². The molecule has 30 heavy (non-hydrogen) atoms. The molecule has 1 aromatic heterocycles. The Hall–Kier alpha value is -3.48. The van der Waals surface area contributed by atoms with Gasteiger partial charge in [-0.3, -0.25) is 9.59 Å². The van der Waals surface area contributed by atoms with Crippen molar-refractivity contribution in [2.24, 2.45) is 5.92 Å². The summed E-state index contributed by atoms with van der Waals surface area (Å²) in [5.41, 5.74) is 2.05. The van der Waals surface area contributed by atoms with Crippen LogP contribution in [0.4, 0.5) is 5.82 Å². The first-order valence-electron chi connectivity index (χ1n) is 10.2. The van der Waals surface area contributed by atoms with Gasteiger partial charge in [0.2, 0.25) is 11.8 Å². The third-order valence-corrected chi connectivity index (χ3v) is 5.30. The fourth-order valence-electron chi connectivity index (χ4n) is 3.67. The first-order chi connectivity index (χ1) is 14.6. The van der Waals surface area contributed by atoms with Crippen LogP contribution in [0.25, 0.3) is 10.9 Å². The predicted octanol–water partition coefficient (Wildman–Crippen LogP) is 2.41. The lowest BCUT2D eigenvalue weighted by Gasteiger charge is -2.24. The van der Waals surface area contributed by atoms with E-state index >= 15 is 0 Å². The number of nitrogens with zero attached hydrogens (tertiary/aromatic N) is 3. The number of hydrogen-bond acceptors (Lipinski definition) is 5. The number of hydrogen-bond donors (Lipinski definition) is 2. The molecule has 0 bridgehead atoms. The van der Waals surface area contributed by atoms with E-state index in [-0.39, 0.29) is 30.7 Å². The van der Waals surface area contributed by atoms with Crippen LogP contribution in [-0.4, -0.2) is 34.9 Å². The average Bonchev–Trinajstić information content (AvgIpc) is 3.22. The summed E-state index contributed by atoms with van der Waals surface area (Å²) in [4.78, 5) is 35.4. The van der Waals surface area contributed by atoms with Crippen molar-refractivity contribution in [3.8, 4) is 0 Å². The van der Waals surface area contributed by atoms with Gasteiger partial charge in [0.25, 0.3) is 0 Å². The molecule has 4 rings (SSSR count). The number of anilines is 1. The molecule has 2 aromatic carbocycles. The van der Waals surface area contributed by atoms with Crippen LogP contribution in [0.5, 0.6) is 0 Å². The first kappa shape index (κ1) is 19.8. The van der Waals surface area contributed by atoms with Crippen molar-refractivity contribution in [2.45, 2.75) is 26.4 Å². The molecule has 154 valence electrons. The lowest BCUT2D eigenvalue weighted by molar-refractivity contribution is -0.126. The summed E-state index contributed by atoms with van der Waals surface area (Å²) >= 11 is 0. The zero-order valence-electron chi connectivity index (χ0n) is 17.0. The quantitative estimate of drug-likeness (QED) is 0.633. The Morgan fingerprint density at radius 2 is 1.90 bits per heavy atom. The van der Waals surface area contributed by atoms with Crippen molar-refractivity contribution in [3.05, 3.63) is 66.0 Å². The highest BCUT2D eigenvalue weighted by Crippen LogP contribution is 2.25. The van der Waals surface area contributed by atoms with Gasteiger partial charge in [-0.1, -0.05) is 42.5 Å². The first-order valence-corrected chi connectivity index (χ1v) is 10.2. The number of benzene rings is 2. The Morgan fingerprint density at radius 3 is 2.63 bits per heavy atom. The van der Waals surface area contributed by atoms with E-state index in [9.17, 15) is 9.59 Å². The van der Waals surface area contributed by atoms with Crippen molar-refractivity contribution in [3.63, 3.8) is 0 Å². The van der Waals surface area contributed by atoms with E-state index < -0.39 is 0 Å². The third-order valence-electron chi connectivity index (χ3n) is 5.30. The van der Waals surface area contributed by atoms with Gasteiger partial charge in [0.05, 0.1) is 18.0 Å². The fraction of sp³-hybridized carbons (Fsp3) is 0.304. The van der Waals surface area contributed by atoms with Gasteiger partial charge < -0.3 is 15.5 Å². The molecule has 1 aliphatic heterocycles. The van der Waals surface area contributed by atoms with Gasteiger partial charge in [-0.15, -0.1) is 0 Å². The number of para-hydroxylation sites is 1. The molecule has 1 atom stereocenters. The summed E-state index contributed by atoms with van der Waals surface area (Å²) < 4.78 is 0. The smallest absolute Gasteiger partial charge is 0.225 e. The fourth-order valence-corrected chi connectivity index (χ4v) is 3.67. The predicted molar refractivity (Wildman–Crippen MR) is 116 cm³/mol. The van der Waals surface area contributed by atoms with E-state index in [1.807, 2.05) is 42.5 Å². The molecule has 2 heterocycles. The van der Waals surface area contributed by atoms with Crippen LogP contribution in [-0.2, 0) is 22.7 Å². The van der Waals surface area contributed by atoms with Crippen LogP contribution in [0.1, 0.15) is 24.7 Å². The second-order valence-electron chi connectivity index (χ2n) is 7.40. The topological polar surface area (TPSA) is 87.2 Å². The lowest BCUT2D eigenvalue weighted by atomic mass is 10.1. The highest BCUT2D eigenvalue weighted by Gasteiger charge is 2.27. The standard InChI is InChI=1S/C23H25N5O2/c1-2-28(15-16-8-4-3-5-9-16)22-18-10-6-7-11-19(18)26-20(27-22)14-25-23(30)17-12-21(29)24-13-17/h3-11,17H,2,12-15H2,1H3,(H,24,29)(H,25,30). The number of fused-ring (bicyclic) bond motifs is 1. The van der Waals surface area contributed by atoms with Gasteiger partial charge in [0, 0.05) is 31.4 Å². The average molecular weight is 403 g/mol. The molecule has 2 amide bonds. The minimum atomic E-state index is -0.331. The molecule has 1 saturated heterocycles. The molecule has 1 unspecified atom stereocenters. The maximum atomic E-state index is 12.4. The Bertz CT molecular complexity index is 1050. The molecule has 0 spiro atoms. The monoisotopic (exact) mass is 403 g/mol. The highest BCUT2D eigenvalue weighted by molar-refractivity contribution is 5.90. The zero-order valence-corrected chi connectivity index (χ0v) is 17.0. The Morgan fingerprint density at radius 1 is 1.13 bits per heavy atom. The molecule has 0 aliphatic carbocycles. The highest BCUT2D eigenvalue weighted by atomic mass is 16.2. The summed E-state index contributed by atoms with van der Waals surface area (Å²) in [6.45, 7) is 4.24. The van der Waals surface area contributed by atoms with Crippen LogP contribution in [0.2, 0.25) is 0 Å². The van der Waals surface area contributed by atoms with E-state index in [4.69, 9.17) is 4.98 Å². The number of aromatic nitrogens is 2. The number of carbonyl (C=O) groups excluding carboxylic acids is 2. The number of amides is 2. The van der Waals surface area contributed by atoms with E-state index in [1.165, 1.54) is 5.56 Å². The number of rotatable bonds is 7. The summed E-state index contributed by atoms with van der Waals surface area (Å²) in [5.74, 6) is 0.847. The van der Waals surface area contributed by atoms with Crippen LogP contribution in [0.15, 0.2) is 54.6 Å². The van der Waals surface area contributed by atoms with Crippen molar-refractivity contribution < 1.29 is 9.59 Å². The van der Waals surface area contributed by atoms with Gasteiger partial charge in [-0.2, -0.15) is 0 Å². The molecule has 0 saturated carbocycles. The summed E-state index contributed by atoms with van der Waals surface area (Å²) in [5, 5.41) is 6.56. The molecule has 3 aromatic rings. The van der Waals surface area contributed by atoms with Gasteiger partial charge in [0.1, 0.15) is 5.82 Å². The van der Waals surface area contributed by atoms with E-state index in [2.05, 4.69) is 39.6 Å². The maximum Gasteiger partial charge on any atom is 0.225 e. The summed E-state index contributed by atoms with van der Waals surface area (Å²) in [6, 6.07) is 18.2. The van der Waals surface area contributed by atoms with Crippen molar-refractivity contribution >= 4 is 28.5 Å². The van der Waals surface area contributed by atoms with Crippen LogP contribution >= 0.6 is 0 Å². The SMILES string of the molecule is CCN(Cc1ccccc1)c1nc(CNC(=O)C2CNC(=O)C2)nc2ccccc12. The normalized spacial score (nSPS) is 15.8. The lowest BCUT2D eigenvalue weighted by Crippen LogP contribution is -2.32. The van der Waals surface area contributed by atoms with E-state index in [0.29, 0.717) is 12.4 Å². The van der Waals surface area contributed by atoms with Gasteiger partial charge in [-0.05, 0) is 24.6 Å². The molecule has 7 heteroatoms. The summed E-state index contributed by atoms with van der Waals surface area (Å²) in [7, 11) is 0. The Labute approximate surface area is 175 Å². The van der Waals surface area contributed by atoms with Crippen molar-refractivity contribution in [1.82, 2.24) is 20.6 Å². The molecule has 7 nitrogen and oxygen atoms in total. The molecular formula is C23H25N5O2. The van der Waals surface area contributed by atoms with Gasteiger partial charge in [0.15, 0.2) is 5.82 Å². The van der Waals surface area contributed by atoms with E-state index in [0.717, 1.165) is 29.8 Å². The van der Waals surface area contributed by atoms with Crippen molar-refractivity contribution in [2.75, 3.05) is 18.0 Å². The molecular weight excluding hydrogens is 378 g/mol. The molecule has 0 radical (unpaired) electrons. The summed E-state index contributed by atoms with van der Waals surface area (Å²) in [6.07, 6.45) is 0.232. The minimum Gasteiger partial charge on any atom is -0.355 e. The molecule has 2 N–H and O–H groups in total.